The normalized spacial score (nSPS) is 11.5. The van der Waals surface area contributed by atoms with E-state index >= 15 is 0 Å². The standard InChI is InChI=1S/C17H16F3N5/c18-17(19,20)12-5-7-13(8-6-12)23-15-4-2-1-3-14(15)16-22-11-25(24-16)10-9-21/h1-8,11,23H,9-10,21H2. The van der Waals surface area contributed by atoms with Gasteiger partial charge in [0.25, 0.3) is 0 Å². The van der Waals surface area contributed by atoms with E-state index in [0.29, 0.717) is 30.3 Å². The minimum absolute atomic E-state index is 0.453. The van der Waals surface area contributed by atoms with Gasteiger partial charge in [0.05, 0.1) is 12.1 Å². The lowest BCUT2D eigenvalue weighted by atomic mass is 10.1. The molecule has 0 aliphatic heterocycles. The third-order valence-electron chi connectivity index (χ3n) is 3.55. The Kier molecular flexibility index (Phi) is 4.71. The Balaban J connectivity index is 1.85. The lowest BCUT2D eigenvalue weighted by Crippen LogP contribution is -2.10. The van der Waals surface area contributed by atoms with Gasteiger partial charge in [-0.15, -0.1) is 0 Å². The van der Waals surface area contributed by atoms with E-state index in [9.17, 15) is 13.2 Å². The second-order valence-electron chi connectivity index (χ2n) is 5.37. The number of halogens is 3. The molecule has 1 heterocycles. The molecule has 0 aliphatic rings. The van der Waals surface area contributed by atoms with Crippen LogP contribution in [-0.4, -0.2) is 21.3 Å². The van der Waals surface area contributed by atoms with Crippen molar-refractivity contribution in [3.63, 3.8) is 0 Å². The number of nitrogens with one attached hydrogen (secondary N) is 1. The Hall–Kier alpha value is -2.87. The second-order valence-corrected chi connectivity index (χ2v) is 5.37. The van der Waals surface area contributed by atoms with Crippen molar-refractivity contribution in [1.82, 2.24) is 14.8 Å². The van der Waals surface area contributed by atoms with Crippen LogP contribution in [0.2, 0.25) is 0 Å². The van der Waals surface area contributed by atoms with Crippen molar-refractivity contribution < 1.29 is 13.2 Å². The summed E-state index contributed by atoms with van der Waals surface area (Å²) in [4.78, 5) is 4.26. The Bertz CT molecular complexity index is 840. The molecular formula is C17H16F3N5. The number of hydrogen-bond donors (Lipinski definition) is 2. The van der Waals surface area contributed by atoms with E-state index in [0.717, 1.165) is 17.7 Å². The van der Waals surface area contributed by atoms with E-state index in [-0.39, 0.29) is 0 Å². The van der Waals surface area contributed by atoms with E-state index in [1.165, 1.54) is 12.1 Å². The van der Waals surface area contributed by atoms with E-state index in [2.05, 4.69) is 15.4 Å². The van der Waals surface area contributed by atoms with Gasteiger partial charge in [0.15, 0.2) is 5.82 Å². The topological polar surface area (TPSA) is 68.8 Å². The van der Waals surface area contributed by atoms with Gasteiger partial charge in [-0.3, -0.25) is 4.68 Å². The van der Waals surface area contributed by atoms with Crippen molar-refractivity contribution in [2.45, 2.75) is 12.7 Å². The van der Waals surface area contributed by atoms with Gasteiger partial charge in [0.2, 0.25) is 0 Å². The molecule has 5 nitrogen and oxygen atoms in total. The van der Waals surface area contributed by atoms with E-state index in [4.69, 9.17) is 5.73 Å². The smallest absolute Gasteiger partial charge is 0.355 e. The third-order valence-corrected chi connectivity index (χ3v) is 3.55. The molecule has 3 aromatic rings. The van der Waals surface area contributed by atoms with Crippen molar-refractivity contribution in [2.24, 2.45) is 5.73 Å². The molecule has 8 heteroatoms. The van der Waals surface area contributed by atoms with Gasteiger partial charge in [-0.05, 0) is 36.4 Å². The molecule has 0 unspecified atom stereocenters. The highest BCUT2D eigenvalue weighted by molar-refractivity contribution is 5.77. The predicted octanol–water partition coefficient (Wildman–Crippen LogP) is 3.67. The van der Waals surface area contributed by atoms with E-state index in [1.54, 1.807) is 11.0 Å². The van der Waals surface area contributed by atoms with Gasteiger partial charge in [-0.2, -0.15) is 18.3 Å². The number of anilines is 2. The zero-order chi connectivity index (χ0) is 17.9. The van der Waals surface area contributed by atoms with Crippen LogP contribution in [0.15, 0.2) is 54.9 Å². The van der Waals surface area contributed by atoms with Crippen LogP contribution in [0.4, 0.5) is 24.5 Å². The summed E-state index contributed by atoms with van der Waals surface area (Å²) in [5, 5.41) is 7.47. The average molecular weight is 347 g/mol. The summed E-state index contributed by atoms with van der Waals surface area (Å²) < 4.78 is 39.6. The summed E-state index contributed by atoms with van der Waals surface area (Å²) in [7, 11) is 0. The van der Waals surface area contributed by atoms with Crippen LogP contribution in [0.1, 0.15) is 5.56 Å². The molecule has 0 amide bonds. The number of nitrogens with two attached hydrogens (primary N) is 1. The Morgan fingerprint density at radius 2 is 1.76 bits per heavy atom. The summed E-state index contributed by atoms with van der Waals surface area (Å²) >= 11 is 0. The first-order valence-electron chi connectivity index (χ1n) is 7.60. The lowest BCUT2D eigenvalue weighted by molar-refractivity contribution is -0.137. The van der Waals surface area contributed by atoms with Gasteiger partial charge in [-0.25, -0.2) is 4.98 Å². The maximum absolute atomic E-state index is 12.6. The highest BCUT2D eigenvalue weighted by Crippen LogP contribution is 2.32. The Morgan fingerprint density at radius 3 is 2.44 bits per heavy atom. The Labute approximate surface area is 142 Å². The molecule has 0 fully saturated rings. The molecule has 0 atom stereocenters. The fourth-order valence-corrected chi connectivity index (χ4v) is 2.34. The molecule has 0 radical (unpaired) electrons. The molecule has 0 saturated heterocycles. The fraction of sp³-hybridized carbons (Fsp3) is 0.176. The number of aromatic nitrogens is 3. The summed E-state index contributed by atoms with van der Waals surface area (Å²) in [6.07, 6.45) is -2.76. The van der Waals surface area contributed by atoms with Crippen molar-refractivity contribution in [1.29, 1.82) is 0 Å². The van der Waals surface area contributed by atoms with Crippen molar-refractivity contribution in [2.75, 3.05) is 11.9 Å². The largest absolute Gasteiger partial charge is 0.416 e. The third kappa shape index (κ3) is 3.97. The molecule has 25 heavy (non-hydrogen) atoms. The van der Waals surface area contributed by atoms with Crippen molar-refractivity contribution in [3.8, 4) is 11.4 Å². The molecule has 0 saturated carbocycles. The second kappa shape index (κ2) is 6.94. The first-order chi connectivity index (χ1) is 12.0. The van der Waals surface area contributed by atoms with Crippen molar-refractivity contribution in [3.05, 3.63) is 60.4 Å². The highest BCUT2D eigenvalue weighted by atomic mass is 19.4. The zero-order valence-corrected chi connectivity index (χ0v) is 13.2. The minimum atomic E-state index is -4.35. The molecule has 0 spiro atoms. The maximum Gasteiger partial charge on any atom is 0.416 e. The molecule has 3 N–H and O–H groups in total. The molecular weight excluding hydrogens is 331 g/mol. The van der Waals surface area contributed by atoms with E-state index < -0.39 is 11.7 Å². The SMILES string of the molecule is NCCn1cnc(-c2ccccc2Nc2ccc(C(F)(F)F)cc2)n1. The van der Waals surface area contributed by atoms with Gasteiger partial charge < -0.3 is 11.1 Å². The zero-order valence-electron chi connectivity index (χ0n) is 13.2. The predicted molar refractivity (Wildman–Crippen MR) is 89.2 cm³/mol. The van der Waals surface area contributed by atoms with Crippen LogP contribution in [0.5, 0.6) is 0 Å². The lowest BCUT2D eigenvalue weighted by Gasteiger charge is -2.12. The molecule has 0 bridgehead atoms. The van der Waals surface area contributed by atoms with Gasteiger partial charge in [-0.1, -0.05) is 12.1 Å². The maximum atomic E-state index is 12.6. The fourth-order valence-electron chi connectivity index (χ4n) is 2.34. The van der Waals surface area contributed by atoms with E-state index in [1.807, 2.05) is 24.3 Å². The molecule has 0 aliphatic carbocycles. The van der Waals surface area contributed by atoms with Crippen LogP contribution in [0, 0.1) is 0 Å². The van der Waals surface area contributed by atoms with Crippen LogP contribution in [-0.2, 0) is 12.7 Å². The average Bonchev–Trinajstić information content (AvgIpc) is 3.04. The van der Waals surface area contributed by atoms with Crippen molar-refractivity contribution >= 4 is 11.4 Å². The first-order valence-corrected chi connectivity index (χ1v) is 7.60. The van der Waals surface area contributed by atoms with Gasteiger partial charge in [0.1, 0.15) is 6.33 Å². The monoisotopic (exact) mass is 347 g/mol. The first kappa shape index (κ1) is 17.0. The van der Waals surface area contributed by atoms with Crippen LogP contribution in [0.3, 0.4) is 0 Å². The number of para-hydroxylation sites is 1. The molecule has 3 rings (SSSR count). The highest BCUT2D eigenvalue weighted by Gasteiger charge is 2.29. The quantitative estimate of drug-likeness (QED) is 0.739. The number of benzene rings is 2. The van der Waals surface area contributed by atoms with Crippen LogP contribution in [0.25, 0.3) is 11.4 Å². The summed E-state index contributed by atoms with van der Waals surface area (Å²) in [6.45, 7) is 1.01. The summed E-state index contributed by atoms with van der Waals surface area (Å²) in [6, 6.07) is 12.2. The number of rotatable bonds is 5. The molecule has 2 aromatic carbocycles. The molecule has 130 valence electrons. The van der Waals surface area contributed by atoms with Gasteiger partial charge >= 0.3 is 6.18 Å². The number of hydrogen-bond acceptors (Lipinski definition) is 4. The Morgan fingerprint density at radius 1 is 1.04 bits per heavy atom. The van der Waals surface area contributed by atoms with Gasteiger partial charge in [0, 0.05) is 23.5 Å². The summed E-state index contributed by atoms with van der Waals surface area (Å²) in [5.41, 5.74) is 6.81. The molecule has 1 aromatic heterocycles. The number of alkyl halides is 3. The van der Waals surface area contributed by atoms with Crippen LogP contribution < -0.4 is 11.1 Å². The summed E-state index contributed by atoms with van der Waals surface area (Å²) in [5.74, 6) is 0.517. The van der Waals surface area contributed by atoms with Crippen LogP contribution >= 0.6 is 0 Å². The minimum Gasteiger partial charge on any atom is -0.355 e. The number of nitrogens with zero attached hydrogens (tertiary/aromatic N) is 3.